The normalized spacial score (nSPS) is 11.8. The van der Waals surface area contributed by atoms with Crippen molar-refractivity contribution >= 4 is 11.8 Å². The zero-order valence-corrected chi connectivity index (χ0v) is 11.7. The van der Waals surface area contributed by atoms with E-state index in [1.807, 2.05) is 26.8 Å². The minimum absolute atomic E-state index is 0.0232. The summed E-state index contributed by atoms with van der Waals surface area (Å²) in [4.78, 5) is 25.1. The maximum absolute atomic E-state index is 12.0. The molecular weight excluding hydrogens is 230 g/mol. The van der Waals surface area contributed by atoms with Gasteiger partial charge in [0.05, 0.1) is 12.6 Å². The Morgan fingerprint density at radius 1 is 1.33 bits per heavy atom. The van der Waals surface area contributed by atoms with Crippen molar-refractivity contribution in [3.63, 3.8) is 0 Å². The number of amides is 2. The highest BCUT2D eigenvalue weighted by Gasteiger charge is 2.24. The van der Waals surface area contributed by atoms with E-state index < -0.39 is 5.92 Å². The number of hydrogen-bond donors (Lipinski definition) is 1. The van der Waals surface area contributed by atoms with Crippen LogP contribution in [0.1, 0.15) is 40.5 Å². The quantitative estimate of drug-likeness (QED) is 0.743. The van der Waals surface area contributed by atoms with Crippen LogP contribution in [0.25, 0.3) is 0 Å². The number of nitriles is 1. The minimum Gasteiger partial charge on any atom is -0.352 e. The van der Waals surface area contributed by atoms with Crippen LogP contribution in [0, 0.1) is 17.2 Å². The van der Waals surface area contributed by atoms with E-state index in [1.165, 1.54) is 4.90 Å². The van der Waals surface area contributed by atoms with Crippen LogP contribution in [0.3, 0.4) is 0 Å². The summed E-state index contributed by atoms with van der Waals surface area (Å²) in [5.41, 5.74) is 0. The van der Waals surface area contributed by atoms with Crippen LogP contribution in [-0.4, -0.2) is 35.8 Å². The first kappa shape index (κ1) is 16.4. The molecule has 0 radical (unpaired) electrons. The zero-order valence-electron chi connectivity index (χ0n) is 11.7. The summed E-state index contributed by atoms with van der Waals surface area (Å²) < 4.78 is 0. The summed E-state index contributed by atoms with van der Waals surface area (Å²) in [6.07, 6.45) is 1.32. The Morgan fingerprint density at radius 2 is 1.94 bits per heavy atom. The average molecular weight is 253 g/mol. The van der Waals surface area contributed by atoms with Gasteiger partial charge in [-0.2, -0.15) is 5.26 Å². The summed E-state index contributed by atoms with van der Waals surface area (Å²) in [5.74, 6) is -1.07. The van der Waals surface area contributed by atoms with Gasteiger partial charge in [0, 0.05) is 12.6 Å². The Hall–Kier alpha value is -1.57. The molecule has 5 nitrogen and oxygen atoms in total. The molecule has 0 aliphatic rings. The number of rotatable bonds is 7. The monoisotopic (exact) mass is 253 g/mol. The molecule has 0 saturated carbocycles. The second kappa shape index (κ2) is 8.51. The van der Waals surface area contributed by atoms with E-state index in [0.717, 1.165) is 6.42 Å². The topological polar surface area (TPSA) is 73.2 Å². The number of nitrogens with one attached hydrogen (secondary N) is 1. The van der Waals surface area contributed by atoms with Crippen molar-refractivity contribution < 1.29 is 9.59 Å². The molecule has 2 amide bonds. The molecule has 0 fully saturated rings. The Morgan fingerprint density at radius 3 is 2.33 bits per heavy atom. The second-order valence-corrected chi connectivity index (χ2v) is 4.54. The zero-order chi connectivity index (χ0) is 14.1. The molecule has 0 aliphatic carbocycles. The van der Waals surface area contributed by atoms with E-state index in [1.54, 1.807) is 6.92 Å². The number of nitrogens with zero attached hydrogens (tertiary/aromatic N) is 2. The van der Waals surface area contributed by atoms with Gasteiger partial charge < -0.3 is 10.2 Å². The molecule has 0 heterocycles. The molecule has 0 bridgehead atoms. The third-order valence-electron chi connectivity index (χ3n) is 2.51. The van der Waals surface area contributed by atoms with Gasteiger partial charge in [-0.15, -0.1) is 0 Å². The third kappa shape index (κ3) is 5.67. The highest BCUT2D eigenvalue weighted by atomic mass is 16.2. The van der Waals surface area contributed by atoms with E-state index in [4.69, 9.17) is 5.26 Å². The van der Waals surface area contributed by atoms with Crippen LogP contribution < -0.4 is 5.32 Å². The van der Waals surface area contributed by atoms with Crippen LogP contribution in [0.2, 0.25) is 0 Å². The van der Waals surface area contributed by atoms with Gasteiger partial charge in [-0.3, -0.25) is 9.59 Å². The van der Waals surface area contributed by atoms with Crippen molar-refractivity contribution in [2.45, 2.75) is 46.6 Å². The highest BCUT2D eigenvalue weighted by Crippen LogP contribution is 2.09. The van der Waals surface area contributed by atoms with Crippen LogP contribution in [0.15, 0.2) is 0 Å². The molecule has 1 unspecified atom stereocenters. The molecule has 0 aromatic rings. The lowest BCUT2D eigenvalue weighted by Gasteiger charge is -2.23. The van der Waals surface area contributed by atoms with Crippen LogP contribution in [0.5, 0.6) is 0 Å². The maximum atomic E-state index is 12.0. The molecule has 1 N–H and O–H groups in total. The van der Waals surface area contributed by atoms with Gasteiger partial charge in [0.1, 0.15) is 5.92 Å². The Kier molecular flexibility index (Phi) is 7.77. The van der Waals surface area contributed by atoms with E-state index in [0.29, 0.717) is 13.0 Å². The van der Waals surface area contributed by atoms with Crippen LogP contribution in [0.4, 0.5) is 0 Å². The molecule has 0 spiro atoms. The van der Waals surface area contributed by atoms with E-state index >= 15 is 0 Å². The van der Waals surface area contributed by atoms with Crippen molar-refractivity contribution in [1.29, 1.82) is 5.26 Å². The second-order valence-electron chi connectivity index (χ2n) is 4.54. The predicted octanol–water partition coefficient (Wildman–Crippen LogP) is 1.30. The largest absolute Gasteiger partial charge is 0.352 e. The molecule has 1 atom stereocenters. The van der Waals surface area contributed by atoms with Gasteiger partial charge in [-0.05, 0) is 27.2 Å². The van der Waals surface area contributed by atoms with E-state index in [-0.39, 0.29) is 24.4 Å². The fourth-order valence-electron chi connectivity index (χ4n) is 1.64. The minimum atomic E-state index is -0.637. The van der Waals surface area contributed by atoms with Crippen LogP contribution in [-0.2, 0) is 9.59 Å². The molecular formula is C13H23N3O2. The summed E-state index contributed by atoms with van der Waals surface area (Å²) in [6.45, 7) is 7.93. The fraction of sp³-hybridized carbons (Fsp3) is 0.769. The van der Waals surface area contributed by atoms with Gasteiger partial charge >= 0.3 is 0 Å². The fourth-order valence-corrected chi connectivity index (χ4v) is 1.64. The van der Waals surface area contributed by atoms with Crippen molar-refractivity contribution in [3.05, 3.63) is 0 Å². The first-order valence-electron chi connectivity index (χ1n) is 6.43. The number of likely N-dealkylation sites (N-methyl/N-ethyl adjacent to an activating group) is 1. The standard InChI is InChI=1S/C13H23N3O2/c1-5-7-11(8-14)13(18)16(6-2)9-12(17)15-10(3)4/h10-11H,5-7,9H2,1-4H3,(H,15,17). The smallest absolute Gasteiger partial charge is 0.240 e. The van der Waals surface area contributed by atoms with Gasteiger partial charge in [-0.25, -0.2) is 0 Å². The molecule has 0 rings (SSSR count). The van der Waals surface area contributed by atoms with Gasteiger partial charge in [0.25, 0.3) is 0 Å². The molecule has 0 aromatic heterocycles. The Labute approximate surface area is 109 Å². The van der Waals surface area contributed by atoms with Crippen LogP contribution >= 0.6 is 0 Å². The molecule has 0 saturated heterocycles. The third-order valence-corrected chi connectivity index (χ3v) is 2.51. The predicted molar refractivity (Wildman–Crippen MR) is 69.5 cm³/mol. The highest BCUT2D eigenvalue weighted by molar-refractivity contribution is 5.87. The lowest BCUT2D eigenvalue weighted by molar-refractivity contribution is -0.138. The van der Waals surface area contributed by atoms with Crippen molar-refractivity contribution in [2.24, 2.45) is 5.92 Å². The van der Waals surface area contributed by atoms with E-state index in [2.05, 4.69) is 5.32 Å². The van der Waals surface area contributed by atoms with Crippen molar-refractivity contribution in [3.8, 4) is 6.07 Å². The number of carbonyl (C=O) groups is 2. The molecule has 5 heteroatoms. The van der Waals surface area contributed by atoms with E-state index in [9.17, 15) is 9.59 Å². The first-order chi connectivity index (χ1) is 8.46. The lowest BCUT2D eigenvalue weighted by atomic mass is 10.0. The maximum Gasteiger partial charge on any atom is 0.240 e. The number of carbonyl (C=O) groups excluding carboxylic acids is 2. The van der Waals surface area contributed by atoms with Gasteiger partial charge in [0.15, 0.2) is 0 Å². The lowest BCUT2D eigenvalue weighted by Crippen LogP contribution is -2.44. The molecule has 18 heavy (non-hydrogen) atoms. The first-order valence-corrected chi connectivity index (χ1v) is 6.43. The Bertz CT molecular complexity index is 321. The Balaban J connectivity index is 4.53. The molecule has 0 aromatic carbocycles. The van der Waals surface area contributed by atoms with Crippen molar-refractivity contribution in [2.75, 3.05) is 13.1 Å². The molecule has 0 aliphatic heterocycles. The van der Waals surface area contributed by atoms with Crippen molar-refractivity contribution in [1.82, 2.24) is 10.2 Å². The summed E-state index contributed by atoms with van der Waals surface area (Å²) >= 11 is 0. The average Bonchev–Trinajstić information content (AvgIpc) is 2.31. The van der Waals surface area contributed by atoms with Gasteiger partial charge in [0.2, 0.25) is 11.8 Å². The summed E-state index contributed by atoms with van der Waals surface area (Å²) in [5, 5.41) is 11.7. The SMILES string of the molecule is CCCC(C#N)C(=O)N(CC)CC(=O)NC(C)C. The number of hydrogen-bond acceptors (Lipinski definition) is 3. The van der Waals surface area contributed by atoms with Gasteiger partial charge in [-0.1, -0.05) is 13.3 Å². The summed E-state index contributed by atoms with van der Waals surface area (Å²) in [7, 11) is 0. The summed E-state index contributed by atoms with van der Waals surface area (Å²) in [6, 6.07) is 2.06. The molecule has 102 valence electrons.